The molecule has 0 bridgehead atoms. The van der Waals surface area contributed by atoms with Crippen molar-refractivity contribution in [3.8, 4) is 51.2 Å². The molecule has 564 valence electrons. The van der Waals surface area contributed by atoms with Gasteiger partial charge in [-0.05, 0) is 158 Å². The second kappa shape index (κ2) is 31.0. The molecule has 0 aliphatic rings. The number of hydrogen-bond acceptors (Lipinski definition) is 6. The van der Waals surface area contributed by atoms with Crippen molar-refractivity contribution < 1.29 is 33.4 Å². The van der Waals surface area contributed by atoms with Crippen molar-refractivity contribution in [1.82, 2.24) is 28.7 Å². The van der Waals surface area contributed by atoms with Crippen LogP contribution in [-0.4, -0.2) is 28.7 Å². The van der Waals surface area contributed by atoms with Gasteiger partial charge in [0.15, 0.2) is 0 Å². The summed E-state index contributed by atoms with van der Waals surface area (Å²) >= 11 is 0. The van der Waals surface area contributed by atoms with Crippen LogP contribution < -0.4 is 0 Å². The molecule has 0 amide bonds. The number of furan rings is 3. The second-order valence-electron chi connectivity index (χ2n) is 32.9. The van der Waals surface area contributed by atoms with Crippen LogP contribution in [0, 0.1) is 18.2 Å². The summed E-state index contributed by atoms with van der Waals surface area (Å²) in [5, 5.41) is 6.61. The topological polar surface area (TPSA) is 92.9 Å². The largest absolute Gasteiger partial charge is 3.00 e. The molecule has 0 atom stereocenters. The minimum atomic E-state index is 0. The van der Waals surface area contributed by atoms with Crippen LogP contribution in [0.2, 0.25) is 0 Å². The predicted molar refractivity (Wildman–Crippen MR) is 465 cm³/mol. The van der Waals surface area contributed by atoms with E-state index >= 15 is 0 Å². The molecule has 6 heterocycles. The molecule has 112 heavy (non-hydrogen) atoms. The molecular formula is C102H99IrN6O3. The Bertz CT molecular complexity index is 5840. The predicted octanol–water partition coefficient (Wildman–Crippen LogP) is 29.3. The van der Waals surface area contributed by atoms with Gasteiger partial charge < -0.3 is 27.0 Å². The van der Waals surface area contributed by atoms with Gasteiger partial charge in [0, 0.05) is 33.2 Å². The van der Waals surface area contributed by atoms with E-state index in [9.17, 15) is 0 Å². The zero-order valence-corrected chi connectivity index (χ0v) is 70.1. The Balaban J connectivity index is 0.000000132. The van der Waals surface area contributed by atoms with E-state index < -0.39 is 0 Å². The van der Waals surface area contributed by atoms with E-state index in [1.54, 1.807) is 0 Å². The fourth-order valence-corrected chi connectivity index (χ4v) is 16.4. The van der Waals surface area contributed by atoms with Crippen molar-refractivity contribution in [2.75, 3.05) is 0 Å². The SMILES string of the molecule is CC(C)c1cc(C(C)C)c(-n2c(-c3[c-]ccc4c3oc3ccccc34)nc3ccccc32)c(C(C)C)c1.CC(C)c1cc(C(C)C)c(-n2c(-c3[c-]ccc4c3oc3ccccc34)nc3ccccc32)c(C(C)C)c1.CC(C)c1cc(C(C)C)c(-n2c(-c3[c-]ccc4c3oc3ccccc34)nc3ccccc32)c(C(C)C)c1.[Ir+3]. The Morgan fingerprint density at radius 3 is 0.714 bits per heavy atom. The summed E-state index contributed by atoms with van der Waals surface area (Å²) in [7, 11) is 0. The van der Waals surface area contributed by atoms with E-state index in [-0.39, 0.29) is 20.1 Å². The monoisotopic (exact) mass is 1650 g/mol. The molecule has 0 spiro atoms. The van der Waals surface area contributed by atoms with Gasteiger partial charge in [0.1, 0.15) is 16.7 Å². The smallest absolute Gasteiger partial charge is 0.501 e. The number of aromatic nitrogens is 6. The van der Waals surface area contributed by atoms with Crippen molar-refractivity contribution in [3.63, 3.8) is 0 Å². The van der Waals surface area contributed by atoms with Crippen LogP contribution in [0.1, 0.15) is 228 Å². The summed E-state index contributed by atoms with van der Waals surface area (Å²) in [6.45, 7) is 41.1. The normalized spacial score (nSPS) is 12.1. The molecule has 0 fully saturated rings. The number of benzene rings is 12. The Kier molecular flexibility index (Phi) is 21.2. The fraction of sp³-hybridized carbons (Fsp3) is 0.265. The Labute approximate surface area is 672 Å². The van der Waals surface area contributed by atoms with Crippen molar-refractivity contribution in [2.24, 2.45) is 0 Å². The molecule has 0 unspecified atom stereocenters. The molecule has 18 rings (SSSR count). The van der Waals surface area contributed by atoms with Crippen LogP contribution in [-0.2, 0) is 20.1 Å². The van der Waals surface area contributed by atoms with Gasteiger partial charge >= 0.3 is 20.1 Å². The van der Waals surface area contributed by atoms with Gasteiger partial charge in [-0.15, -0.1) is 54.6 Å². The van der Waals surface area contributed by atoms with Gasteiger partial charge in [-0.1, -0.05) is 285 Å². The Hall–Kier alpha value is -10.9. The molecule has 9 nitrogen and oxygen atoms in total. The third-order valence-corrected chi connectivity index (χ3v) is 22.3. The first-order valence-corrected chi connectivity index (χ1v) is 40.0. The number of nitrogens with zero attached hydrogens (tertiary/aromatic N) is 6. The molecule has 0 radical (unpaired) electrons. The zero-order chi connectivity index (χ0) is 77.5. The molecule has 0 saturated carbocycles. The first-order chi connectivity index (χ1) is 53.5. The van der Waals surface area contributed by atoms with Crippen LogP contribution in [0.4, 0.5) is 0 Å². The van der Waals surface area contributed by atoms with Crippen LogP contribution in [0.3, 0.4) is 0 Å². The first-order valence-electron chi connectivity index (χ1n) is 40.0. The van der Waals surface area contributed by atoms with Crippen LogP contribution in [0.5, 0.6) is 0 Å². The molecule has 12 aromatic carbocycles. The average Bonchev–Trinajstić information content (AvgIpc) is 1.56. The Morgan fingerprint density at radius 2 is 0.482 bits per heavy atom. The summed E-state index contributed by atoms with van der Waals surface area (Å²) in [4.78, 5) is 15.6. The summed E-state index contributed by atoms with van der Waals surface area (Å²) in [6, 6.07) is 87.2. The van der Waals surface area contributed by atoms with Crippen molar-refractivity contribution >= 4 is 98.9 Å². The van der Waals surface area contributed by atoms with Gasteiger partial charge in [0.2, 0.25) is 0 Å². The quantitative estimate of drug-likeness (QED) is 0.0950. The van der Waals surface area contributed by atoms with Crippen LogP contribution >= 0.6 is 0 Å². The van der Waals surface area contributed by atoms with Gasteiger partial charge in [-0.2, -0.15) is 0 Å². The molecule has 0 aliphatic heterocycles. The van der Waals surface area contributed by atoms with E-state index in [1.807, 2.05) is 54.6 Å². The maximum absolute atomic E-state index is 6.45. The van der Waals surface area contributed by atoms with Gasteiger partial charge in [-0.25, -0.2) is 0 Å². The standard InChI is InChI=1S/3C34H33N2O.Ir/c3*1-20(2)23-18-27(21(3)4)32(28(19-23)22(5)6)36-30-16-9-8-15-29(30)35-34(36)26-14-11-13-25-24-12-7-10-17-31(24)37-33(25)26;/h3*7-13,15-22H,1-6H3;/q3*-1;+3. The van der Waals surface area contributed by atoms with Gasteiger partial charge in [-0.3, -0.25) is 15.0 Å². The number of para-hydroxylation sites is 9. The Morgan fingerprint density at radius 1 is 0.259 bits per heavy atom. The molecule has 10 heteroatoms. The second-order valence-corrected chi connectivity index (χ2v) is 32.9. The summed E-state index contributed by atoms with van der Waals surface area (Å²) in [6.07, 6.45) is 0. The molecule has 6 aromatic heterocycles. The van der Waals surface area contributed by atoms with E-state index in [0.717, 1.165) is 133 Å². The average molecular weight is 1650 g/mol. The summed E-state index contributed by atoms with van der Waals surface area (Å²) in [5.74, 6) is 6.10. The number of rotatable bonds is 15. The number of hydrogen-bond donors (Lipinski definition) is 0. The third kappa shape index (κ3) is 13.6. The van der Waals surface area contributed by atoms with Crippen molar-refractivity contribution in [1.29, 1.82) is 0 Å². The van der Waals surface area contributed by atoms with Crippen molar-refractivity contribution in [3.05, 3.63) is 287 Å². The van der Waals surface area contributed by atoms with Gasteiger partial charge in [0.05, 0.1) is 67.3 Å². The van der Waals surface area contributed by atoms with E-state index in [1.165, 1.54) is 67.1 Å². The summed E-state index contributed by atoms with van der Waals surface area (Å²) in [5.41, 5.74) is 29.9. The van der Waals surface area contributed by atoms with E-state index in [2.05, 4.69) is 320 Å². The minimum Gasteiger partial charge on any atom is -0.501 e. The van der Waals surface area contributed by atoms with E-state index in [0.29, 0.717) is 53.3 Å². The third-order valence-electron chi connectivity index (χ3n) is 22.3. The summed E-state index contributed by atoms with van der Waals surface area (Å²) < 4.78 is 26.4. The fourth-order valence-electron chi connectivity index (χ4n) is 16.4. The molecule has 18 aromatic rings. The molecular weight excluding hydrogens is 1550 g/mol. The molecule has 0 aliphatic carbocycles. The van der Waals surface area contributed by atoms with E-state index in [4.69, 9.17) is 28.2 Å². The zero-order valence-electron chi connectivity index (χ0n) is 67.7. The van der Waals surface area contributed by atoms with Crippen molar-refractivity contribution in [2.45, 2.75) is 178 Å². The number of imidazole rings is 3. The molecule has 0 saturated heterocycles. The first kappa shape index (κ1) is 76.5. The van der Waals surface area contributed by atoms with Crippen LogP contribution in [0.15, 0.2) is 232 Å². The van der Waals surface area contributed by atoms with Gasteiger partial charge in [0.25, 0.3) is 0 Å². The minimum absolute atomic E-state index is 0. The molecule has 0 N–H and O–H groups in total. The maximum atomic E-state index is 6.45. The van der Waals surface area contributed by atoms with Crippen LogP contribution in [0.25, 0.3) is 150 Å². The number of fused-ring (bicyclic) bond motifs is 12. The maximum Gasteiger partial charge on any atom is 3.00 e.